The molecule has 7 heteroatoms. The van der Waals surface area contributed by atoms with E-state index in [1.165, 1.54) is 12.1 Å². The van der Waals surface area contributed by atoms with Gasteiger partial charge in [0, 0.05) is 9.35 Å². The SMILES string of the molecule is CC(C)[C@H](NC(=O)COC(=O)c1cc(Br)ccc1O)c1cccs1. The van der Waals surface area contributed by atoms with Gasteiger partial charge < -0.3 is 15.2 Å². The number of nitrogens with one attached hydrogen (secondary N) is 1. The van der Waals surface area contributed by atoms with Gasteiger partial charge in [-0.2, -0.15) is 0 Å². The van der Waals surface area contributed by atoms with Gasteiger partial charge >= 0.3 is 5.97 Å². The van der Waals surface area contributed by atoms with Crippen molar-refractivity contribution in [2.75, 3.05) is 6.61 Å². The van der Waals surface area contributed by atoms with Crippen molar-refractivity contribution >= 4 is 39.1 Å². The molecule has 2 aromatic rings. The lowest BCUT2D eigenvalue weighted by molar-refractivity contribution is -0.125. The monoisotopic (exact) mass is 411 g/mol. The van der Waals surface area contributed by atoms with Crippen LogP contribution in [0.2, 0.25) is 0 Å². The van der Waals surface area contributed by atoms with E-state index in [2.05, 4.69) is 21.2 Å². The van der Waals surface area contributed by atoms with Crippen molar-refractivity contribution in [1.82, 2.24) is 5.32 Å². The number of phenolic OH excluding ortho intramolecular Hbond substituents is 1. The second-order valence-corrected chi connectivity index (χ2v) is 7.44. The highest BCUT2D eigenvalue weighted by molar-refractivity contribution is 9.10. The number of hydrogen-bond acceptors (Lipinski definition) is 5. The van der Waals surface area contributed by atoms with Gasteiger partial charge in [-0.1, -0.05) is 35.8 Å². The van der Waals surface area contributed by atoms with Crippen LogP contribution in [0.1, 0.15) is 35.1 Å². The van der Waals surface area contributed by atoms with E-state index in [1.807, 2.05) is 31.4 Å². The van der Waals surface area contributed by atoms with Crippen LogP contribution in [0, 0.1) is 5.92 Å². The van der Waals surface area contributed by atoms with Gasteiger partial charge in [-0.05, 0) is 35.6 Å². The van der Waals surface area contributed by atoms with E-state index >= 15 is 0 Å². The van der Waals surface area contributed by atoms with E-state index in [9.17, 15) is 14.7 Å². The maximum atomic E-state index is 12.1. The maximum Gasteiger partial charge on any atom is 0.342 e. The average molecular weight is 412 g/mol. The summed E-state index contributed by atoms with van der Waals surface area (Å²) in [6, 6.07) is 8.19. The van der Waals surface area contributed by atoms with E-state index in [4.69, 9.17) is 4.74 Å². The molecule has 0 bridgehead atoms. The van der Waals surface area contributed by atoms with Crippen LogP contribution in [0.5, 0.6) is 5.75 Å². The third-order valence-corrected chi connectivity index (χ3v) is 4.79. The van der Waals surface area contributed by atoms with E-state index in [1.54, 1.807) is 17.4 Å². The number of hydrogen-bond donors (Lipinski definition) is 2. The zero-order chi connectivity index (χ0) is 17.7. The summed E-state index contributed by atoms with van der Waals surface area (Å²) in [7, 11) is 0. The summed E-state index contributed by atoms with van der Waals surface area (Å²) in [6.07, 6.45) is 0. The molecule has 1 atom stereocenters. The number of aromatic hydroxyl groups is 1. The lowest BCUT2D eigenvalue weighted by atomic mass is 10.0. The molecule has 24 heavy (non-hydrogen) atoms. The maximum absolute atomic E-state index is 12.1. The highest BCUT2D eigenvalue weighted by Gasteiger charge is 2.21. The Morgan fingerprint density at radius 2 is 2.08 bits per heavy atom. The molecule has 0 aliphatic heterocycles. The van der Waals surface area contributed by atoms with Gasteiger partial charge in [-0.15, -0.1) is 11.3 Å². The molecular formula is C17H18BrNO4S. The van der Waals surface area contributed by atoms with E-state index in [0.29, 0.717) is 4.47 Å². The number of amides is 1. The Morgan fingerprint density at radius 1 is 1.33 bits per heavy atom. The van der Waals surface area contributed by atoms with E-state index < -0.39 is 12.6 Å². The summed E-state index contributed by atoms with van der Waals surface area (Å²) < 4.78 is 5.63. The zero-order valence-electron chi connectivity index (χ0n) is 13.3. The first kappa shape index (κ1) is 18.5. The lowest BCUT2D eigenvalue weighted by Gasteiger charge is -2.21. The molecule has 0 aliphatic rings. The van der Waals surface area contributed by atoms with Crippen LogP contribution >= 0.6 is 27.3 Å². The van der Waals surface area contributed by atoms with Crippen LogP contribution < -0.4 is 5.32 Å². The number of phenols is 1. The summed E-state index contributed by atoms with van der Waals surface area (Å²) in [6.45, 7) is 3.62. The summed E-state index contributed by atoms with van der Waals surface area (Å²) in [5, 5.41) is 14.5. The molecule has 0 saturated heterocycles. The van der Waals surface area contributed by atoms with Crippen LogP contribution in [-0.2, 0) is 9.53 Å². The van der Waals surface area contributed by atoms with Crippen molar-refractivity contribution in [2.24, 2.45) is 5.92 Å². The molecule has 0 saturated carbocycles. The Hall–Kier alpha value is -1.86. The number of thiophene rings is 1. The molecule has 0 spiro atoms. The fraction of sp³-hybridized carbons (Fsp3) is 0.294. The largest absolute Gasteiger partial charge is 0.507 e. The van der Waals surface area contributed by atoms with Gasteiger partial charge in [-0.25, -0.2) is 4.79 Å². The van der Waals surface area contributed by atoms with Crippen molar-refractivity contribution in [3.05, 3.63) is 50.6 Å². The quantitative estimate of drug-likeness (QED) is 0.706. The number of benzene rings is 1. The van der Waals surface area contributed by atoms with Crippen molar-refractivity contribution in [2.45, 2.75) is 19.9 Å². The second kappa shape index (κ2) is 8.30. The second-order valence-electron chi connectivity index (χ2n) is 5.54. The smallest absolute Gasteiger partial charge is 0.342 e. The Labute approximate surface area is 152 Å². The fourth-order valence-electron chi connectivity index (χ4n) is 2.13. The molecule has 1 aromatic heterocycles. The van der Waals surface area contributed by atoms with Crippen molar-refractivity contribution in [3.8, 4) is 5.75 Å². The Bertz CT molecular complexity index is 715. The number of esters is 1. The van der Waals surface area contributed by atoms with E-state index in [-0.39, 0.29) is 29.2 Å². The summed E-state index contributed by atoms with van der Waals surface area (Å²) in [5.74, 6) is -1.12. The number of halogens is 1. The summed E-state index contributed by atoms with van der Waals surface area (Å²) in [4.78, 5) is 25.1. The minimum absolute atomic E-state index is 0.0100. The standard InChI is InChI=1S/C17H18BrNO4S/c1-10(2)16(14-4-3-7-24-14)19-15(21)9-23-17(22)12-8-11(18)5-6-13(12)20/h3-8,10,16,20H,9H2,1-2H3,(H,19,21)/t16-/m0/s1. The van der Waals surface area contributed by atoms with Gasteiger partial charge in [-0.3, -0.25) is 4.79 Å². The first-order chi connectivity index (χ1) is 11.4. The molecule has 0 fully saturated rings. The predicted octanol–water partition coefficient (Wildman–Crippen LogP) is 3.89. The summed E-state index contributed by atoms with van der Waals surface area (Å²) >= 11 is 4.78. The summed E-state index contributed by atoms with van der Waals surface area (Å²) in [5.41, 5.74) is 0.0100. The molecule has 1 amide bonds. The van der Waals surface area contributed by atoms with E-state index in [0.717, 1.165) is 4.88 Å². The average Bonchev–Trinajstić information content (AvgIpc) is 3.06. The molecular weight excluding hydrogens is 394 g/mol. The molecule has 0 radical (unpaired) electrons. The third-order valence-electron chi connectivity index (χ3n) is 3.35. The highest BCUT2D eigenvalue weighted by Crippen LogP contribution is 2.26. The zero-order valence-corrected chi connectivity index (χ0v) is 15.7. The Kier molecular flexibility index (Phi) is 6.39. The molecule has 5 nitrogen and oxygen atoms in total. The minimum atomic E-state index is -0.749. The molecule has 0 unspecified atom stereocenters. The topological polar surface area (TPSA) is 75.6 Å². The van der Waals surface area contributed by atoms with Crippen LogP contribution in [0.3, 0.4) is 0 Å². The molecule has 0 aliphatic carbocycles. The predicted molar refractivity (Wildman–Crippen MR) is 96.1 cm³/mol. The number of ether oxygens (including phenoxy) is 1. The Balaban J connectivity index is 1.95. The third kappa shape index (κ3) is 4.82. The minimum Gasteiger partial charge on any atom is -0.507 e. The van der Waals surface area contributed by atoms with Gasteiger partial charge in [0.25, 0.3) is 5.91 Å². The first-order valence-corrected chi connectivity index (χ1v) is 9.04. The molecule has 2 rings (SSSR count). The van der Waals surface area contributed by atoms with Crippen LogP contribution in [0.25, 0.3) is 0 Å². The van der Waals surface area contributed by atoms with Gasteiger partial charge in [0.05, 0.1) is 6.04 Å². The lowest BCUT2D eigenvalue weighted by Crippen LogP contribution is -2.34. The van der Waals surface area contributed by atoms with Crippen LogP contribution in [0.4, 0.5) is 0 Å². The first-order valence-electron chi connectivity index (χ1n) is 7.37. The molecule has 128 valence electrons. The van der Waals surface area contributed by atoms with Gasteiger partial charge in [0.2, 0.25) is 0 Å². The molecule has 2 N–H and O–H groups in total. The van der Waals surface area contributed by atoms with Crippen LogP contribution in [-0.4, -0.2) is 23.6 Å². The number of carbonyl (C=O) groups excluding carboxylic acids is 2. The fourth-order valence-corrected chi connectivity index (χ4v) is 3.44. The van der Waals surface area contributed by atoms with Crippen molar-refractivity contribution < 1.29 is 19.4 Å². The normalized spacial score (nSPS) is 12.0. The van der Waals surface area contributed by atoms with Gasteiger partial charge in [0.1, 0.15) is 11.3 Å². The Morgan fingerprint density at radius 3 is 2.71 bits per heavy atom. The molecule has 1 heterocycles. The highest BCUT2D eigenvalue weighted by atomic mass is 79.9. The van der Waals surface area contributed by atoms with Crippen LogP contribution in [0.15, 0.2) is 40.2 Å². The van der Waals surface area contributed by atoms with Crippen molar-refractivity contribution in [3.63, 3.8) is 0 Å². The molecule has 1 aromatic carbocycles. The van der Waals surface area contributed by atoms with Crippen molar-refractivity contribution in [1.29, 1.82) is 0 Å². The van der Waals surface area contributed by atoms with Gasteiger partial charge in [0.15, 0.2) is 6.61 Å². The number of carbonyl (C=O) groups is 2. The number of rotatable bonds is 6.